The van der Waals surface area contributed by atoms with E-state index in [0.717, 1.165) is 0 Å². The van der Waals surface area contributed by atoms with Gasteiger partial charge in [-0.2, -0.15) is 0 Å². The van der Waals surface area contributed by atoms with Crippen molar-refractivity contribution in [2.24, 2.45) is 11.5 Å². The molecule has 4 amide bonds. The SMILES string of the molecule is NC(=O)CCC(NC(=O)C(Cc1ccc(O)cc1)NC(=O)C(Cc1ccc(O)cc1)NC(=O)C(N)Cc1cnc[nH]1)C(=O)O. The Kier molecular flexibility index (Phi) is 11.8. The van der Waals surface area contributed by atoms with E-state index in [4.69, 9.17) is 11.5 Å². The molecule has 44 heavy (non-hydrogen) atoms. The van der Waals surface area contributed by atoms with Crippen molar-refractivity contribution in [3.05, 3.63) is 77.9 Å². The Balaban J connectivity index is 1.84. The monoisotopic (exact) mass is 609 g/mol. The largest absolute Gasteiger partial charge is 0.508 e. The lowest BCUT2D eigenvalue weighted by atomic mass is 10.0. The van der Waals surface area contributed by atoms with Crippen molar-refractivity contribution in [2.45, 2.75) is 56.3 Å². The number of imidazole rings is 1. The molecule has 15 nitrogen and oxygen atoms in total. The number of primary amides is 1. The number of hydrogen-bond acceptors (Lipinski definition) is 9. The highest BCUT2D eigenvalue weighted by Gasteiger charge is 2.31. The van der Waals surface area contributed by atoms with Crippen LogP contribution in [0.5, 0.6) is 11.5 Å². The predicted octanol–water partition coefficient (Wildman–Crippen LogP) is -1.02. The van der Waals surface area contributed by atoms with Gasteiger partial charge in [-0.1, -0.05) is 24.3 Å². The van der Waals surface area contributed by atoms with E-state index in [-0.39, 0.29) is 43.6 Å². The lowest BCUT2D eigenvalue weighted by Gasteiger charge is -2.25. The first-order valence-corrected chi connectivity index (χ1v) is 13.6. The molecule has 3 aromatic rings. The van der Waals surface area contributed by atoms with Crippen molar-refractivity contribution in [1.82, 2.24) is 25.9 Å². The van der Waals surface area contributed by atoms with Gasteiger partial charge in [-0.3, -0.25) is 19.2 Å². The standard InChI is InChI=1S/C29H35N7O8/c30-21(13-18-14-32-15-33-18)26(40)35-23(11-16-1-5-19(37)6-2-16)28(42)36-24(12-17-3-7-20(38)8-4-17)27(41)34-22(29(43)44)9-10-25(31)39/h1-8,14-15,21-24,37-38H,9-13,30H2,(H2,31,39)(H,32,33)(H,34,41)(H,35,40)(H,36,42)(H,43,44). The summed E-state index contributed by atoms with van der Waals surface area (Å²) in [7, 11) is 0. The molecule has 2 aromatic carbocycles. The van der Waals surface area contributed by atoms with Crippen molar-refractivity contribution in [3.63, 3.8) is 0 Å². The number of phenols is 2. The molecule has 11 N–H and O–H groups in total. The van der Waals surface area contributed by atoms with Crippen LogP contribution in [0, 0.1) is 0 Å². The number of nitrogens with two attached hydrogens (primary N) is 2. The van der Waals surface area contributed by atoms with Crippen LogP contribution < -0.4 is 27.4 Å². The summed E-state index contributed by atoms with van der Waals surface area (Å²) in [6.45, 7) is 0. The third-order valence-electron chi connectivity index (χ3n) is 6.64. The van der Waals surface area contributed by atoms with Gasteiger partial charge in [0.2, 0.25) is 23.6 Å². The van der Waals surface area contributed by atoms with Crippen LogP contribution in [0.2, 0.25) is 0 Å². The van der Waals surface area contributed by atoms with E-state index in [0.29, 0.717) is 16.8 Å². The zero-order valence-corrected chi connectivity index (χ0v) is 23.6. The molecule has 0 radical (unpaired) electrons. The number of aromatic hydroxyl groups is 2. The first-order valence-electron chi connectivity index (χ1n) is 13.6. The van der Waals surface area contributed by atoms with Crippen LogP contribution in [0.15, 0.2) is 61.1 Å². The number of rotatable bonds is 16. The maximum Gasteiger partial charge on any atom is 0.326 e. The number of nitrogens with one attached hydrogen (secondary N) is 4. The van der Waals surface area contributed by atoms with Gasteiger partial charge < -0.3 is 47.7 Å². The van der Waals surface area contributed by atoms with Gasteiger partial charge in [-0.05, 0) is 41.8 Å². The number of carboxylic acids is 1. The molecule has 234 valence electrons. The highest BCUT2D eigenvalue weighted by Crippen LogP contribution is 2.14. The Bertz CT molecular complexity index is 1430. The summed E-state index contributed by atoms with van der Waals surface area (Å²) in [5, 5.41) is 36.4. The van der Waals surface area contributed by atoms with Gasteiger partial charge in [-0.15, -0.1) is 0 Å². The molecule has 1 aromatic heterocycles. The fourth-order valence-corrected chi connectivity index (χ4v) is 4.25. The number of amides is 4. The molecule has 3 rings (SSSR count). The summed E-state index contributed by atoms with van der Waals surface area (Å²) >= 11 is 0. The number of nitrogens with zero attached hydrogens (tertiary/aromatic N) is 1. The molecule has 15 heteroatoms. The van der Waals surface area contributed by atoms with E-state index < -0.39 is 53.8 Å². The molecule has 1 heterocycles. The second-order valence-corrected chi connectivity index (χ2v) is 10.2. The number of phenolic OH excluding ortho intramolecular Hbond substituents is 2. The predicted molar refractivity (Wildman–Crippen MR) is 156 cm³/mol. The number of aliphatic carboxylic acids is 1. The van der Waals surface area contributed by atoms with E-state index in [9.17, 15) is 39.3 Å². The number of hydrogen-bond donors (Lipinski definition) is 9. The van der Waals surface area contributed by atoms with E-state index in [1.54, 1.807) is 12.1 Å². The van der Waals surface area contributed by atoms with Gasteiger partial charge in [0, 0.05) is 37.6 Å². The zero-order valence-electron chi connectivity index (χ0n) is 23.6. The first-order chi connectivity index (χ1) is 20.9. The summed E-state index contributed by atoms with van der Waals surface area (Å²) in [4.78, 5) is 69.7. The Hall–Kier alpha value is -5.44. The number of aromatic nitrogens is 2. The number of H-pyrrole nitrogens is 1. The van der Waals surface area contributed by atoms with Gasteiger partial charge in [0.15, 0.2) is 0 Å². The Morgan fingerprint density at radius 1 is 0.750 bits per heavy atom. The van der Waals surface area contributed by atoms with Gasteiger partial charge >= 0.3 is 5.97 Å². The third kappa shape index (κ3) is 10.4. The summed E-state index contributed by atoms with van der Waals surface area (Å²) in [6.07, 6.45) is 2.32. The summed E-state index contributed by atoms with van der Waals surface area (Å²) < 4.78 is 0. The minimum Gasteiger partial charge on any atom is -0.508 e. The second kappa shape index (κ2) is 15.7. The van der Waals surface area contributed by atoms with Gasteiger partial charge in [-0.25, -0.2) is 9.78 Å². The number of aromatic amines is 1. The Morgan fingerprint density at radius 3 is 1.66 bits per heavy atom. The first kappa shape index (κ1) is 33.1. The van der Waals surface area contributed by atoms with Gasteiger partial charge in [0.25, 0.3) is 0 Å². The Morgan fingerprint density at radius 2 is 1.23 bits per heavy atom. The van der Waals surface area contributed by atoms with Crippen molar-refractivity contribution in [1.29, 1.82) is 0 Å². The smallest absolute Gasteiger partial charge is 0.326 e. The number of carbonyl (C=O) groups excluding carboxylic acids is 4. The number of benzene rings is 2. The van der Waals surface area contributed by atoms with E-state index in [1.807, 2.05) is 0 Å². The van der Waals surface area contributed by atoms with Crippen molar-refractivity contribution < 1.29 is 39.3 Å². The molecule has 4 atom stereocenters. The van der Waals surface area contributed by atoms with Crippen molar-refractivity contribution >= 4 is 29.6 Å². The molecule has 0 saturated carbocycles. The number of carboxylic acid groups (broad SMARTS) is 1. The van der Waals surface area contributed by atoms with Crippen LogP contribution in [0.3, 0.4) is 0 Å². The van der Waals surface area contributed by atoms with E-state index >= 15 is 0 Å². The minimum absolute atomic E-state index is 0.00433. The molecule has 0 spiro atoms. The van der Waals surface area contributed by atoms with Crippen molar-refractivity contribution in [3.8, 4) is 11.5 Å². The minimum atomic E-state index is -1.47. The molecule has 0 aliphatic rings. The van der Waals surface area contributed by atoms with Crippen LogP contribution in [0.25, 0.3) is 0 Å². The topological polar surface area (TPSA) is 263 Å². The average Bonchev–Trinajstić information content (AvgIpc) is 3.49. The zero-order chi connectivity index (χ0) is 32.2. The summed E-state index contributed by atoms with van der Waals surface area (Å²) in [6, 6.07) is 6.66. The third-order valence-corrected chi connectivity index (χ3v) is 6.64. The van der Waals surface area contributed by atoms with E-state index in [2.05, 4.69) is 25.9 Å². The van der Waals surface area contributed by atoms with Crippen LogP contribution in [0.4, 0.5) is 0 Å². The molecular formula is C29H35N7O8. The van der Waals surface area contributed by atoms with Crippen LogP contribution in [0.1, 0.15) is 29.7 Å². The maximum absolute atomic E-state index is 13.7. The molecule has 0 fully saturated rings. The summed E-state index contributed by atoms with van der Waals surface area (Å²) in [5.41, 5.74) is 12.9. The van der Waals surface area contributed by atoms with Crippen molar-refractivity contribution in [2.75, 3.05) is 0 Å². The molecule has 0 aliphatic carbocycles. The molecule has 0 saturated heterocycles. The molecule has 4 unspecified atom stereocenters. The van der Waals surface area contributed by atoms with Crippen LogP contribution in [-0.2, 0) is 43.2 Å². The van der Waals surface area contributed by atoms with Gasteiger partial charge in [0.1, 0.15) is 29.6 Å². The average molecular weight is 610 g/mol. The summed E-state index contributed by atoms with van der Waals surface area (Å²) in [5.74, 6) is -4.49. The fraction of sp³-hybridized carbons (Fsp3) is 0.310. The lowest BCUT2D eigenvalue weighted by Crippen LogP contribution is -2.58. The van der Waals surface area contributed by atoms with Crippen LogP contribution in [-0.4, -0.2) is 79.1 Å². The lowest BCUT2D eigenvalue weighted by molar-refractivity contribution is -0.142. The quantitative estimate of drug-likeness (QED) is 0.0954. The maximum atomic E-state index is 13.7. The highest BCUT2D eigenvalue weighted by molar-refractivity contribution is 5.94. The van der Waals surface area contributed by atoms with E-state index in [1.165, 1.54) is 48.9 Å². The highest BCUT2D eigenvalue weighted by atomic mass is 16.4. The molecular weight excluding hydrogens is 574 g/mol. The van der Waals surface area contributed by atoms with Crippen LogP contribution >= 0.6 is 0 Å². The normalized spacial score (nSPS) is 13.6. The Labute approximate surface area is 252 Å². The molecule has 0 aliphatic heterocycles. The number of carbonyl (C=O) groups is 5. The van der Waals surface area contributed by atoms with Gasteiger partial charge in [0.05, 0.1) is 12.4 Å². The second-order valence-electron chi connectivity index (χ2n) is 10.2. The molecule has 0 bridgehead atoms. The fourth-order valence-electron chi connectivity index (χ4n) is 4.25.